The molecule has 0 amide bonds. The van der Waals surface area contributed by atoms with E-state index in [0.717, 1.165) is 34.5 Å². The Labute approximate surface area is 145 Å². The number of nitrogens with one attached hydrogen (secondary N) is 1. The van der Waals surface area contributed by atoms with E-state index in [2.05, 4.69) is 26.2 Å². The Balaban J connectivity index is 1.77. The predicted molar refractivity (Wildman–Crippen MR) is 93.3 cm³/mol. The number of hydrogen-bond donors (Lipinski definition) is 1. The smallest absolute Gasteiger partial charge is 0.213 e. The van der Waals surface area contributed by atoms with Gasteiger partial charge in [0.2, 0.25) is 5.88 Å². The average Bonchev–Trinajstić information content (AvgIpc) is 2.58. The Morgan fingerprint density at radius 3 is 2.74 bits per heavy atom. The van der Waals surface area contributed by atoms with Crippen molar-refractivity contribution >= 4 is 15.9 Å². The molecule has 0 spiro atoms. The van der Waals surface area contributed by atoms with Gasteiger partial charge in [0.15, 0.2) is 11.5 Å². The molecule has 1 aromatic heterocycles. The van der Waals surface area contributed by atoms with Gasteiger partial charge in [-0.25, -0.2) is 4.98 Å². The van der Waals surface area contributed by atoms with Crippen molar-refractivity contribution in [3.05, 3.63) is 46.6 Å². The van der Waals surface area contributed by atoms with Crippen LogP contribution in [0.3, 0.4) is 0 Å². The molecule has 1 heterocycles. The maximum atomic E-state index is 5.56. The Morgan fingerprint density at radius 2 is 2.04 bits per heavy atom. The molecule has 23 heavy (non-hydrogen) atoms. The lowest BCUT2D eigenvalue weighted by Crippen LogP contribution is -2.17. The molecule has 0 aliphatic rings. The molecule has 0 atom stereocenters. The van der Waals surface area contributed by atoms with Gasteiger partial charge in [-0.2, -0.15) is 0 Å². The lowest BCUT2D eigenvalue weighted by atomic mass is 10.2. The Hall–Kier alpha value is -1.79. The Kier molecular flexibility index (Phi) is 7.16. The topological polar surface area (TPSA) is 52.6 Å². The SMILES string of the molecule is COc1cc(Br)cc(CNCCCOc2ccccn2)c1OC. The zero-order chi connectivity index (χ0) is 16.5. The first-order valence-electron chi connectivity index (χ1n) is 7.39. The zero-order valence-corrected chi connectivity index (χ0v) is 14.9. The Morgan fingerprint density at radius 1 is 1.17 bits per heavy atom. The maximum Gasteiger partial charge on any atom is 0.213 e. The van der Waals surface area contributed by atoms with Crippen molar-refractivity contribution in [2.24, 2.45) is 0 Å². The largest absolute Gasteiger partial charge is 0.493 e. The third-order valence-electron chi connectivity index (χ3n) is 3.22. The standard InChI is InChI=1S/C17H21BrN2O3/c1-21-15-11-14(18)10-13(17(15)22-2)12-19-7-5-9-23-16-6-3-4-8-20-16/h3-4,6,8,10-11,19H,5,7,9,12H2,1-2H3. The van der Waals surface area contributed by atoms with Crippen LogP contribution in [-0.2, 0) is 6.54 Å². The number of pyridine rings is 1. The molecule has 0 fully saturated rings. The summed E-state index contributed by atoms with van der Waals surface area (Å²) in [6.07, 6.45) is 2.62. The highest BCUT2D eigenvalue weighted by atomic mass is 79.9. The van der Waals surface area contributed by atoms with Crippen LogP contribution < -0.4 is 19.5 Å². The summed E-state index contributed by atoms with van der Waals surface area (Å²) in [7, 11) is 3.28. The summed E-state index contributed by atoms with van der Waals surface area (Å²) >= 11 is 3.49. The number of ether oxygens (including phenoxy) is 3. The van der Waals surface area contributed by atoms with E-state index < -0.39 is 0 Å². The van der Waals surface area contributed by atoms with E-state index in [9.17, 15) is 0 Å². The van der Waals surface area contributed by atoms with Gasteiger partial charge < -0.3 is 19.5 Å². The summed E-state index contributed by atoms with van der Waals surface area (Å²) in [6, 6.07) is 9.55. The van der Waals surface area contributed by atoms with Crippen LogP contribution in [0, 0.1) is 0 Å². The van der Waals surface area contributed by atoms with E-state index in [1.54, 1.807) is 20.4 Å². The minimum absolute atomic E-state index is 0.628. The minimum Gasteiger partial charge on any atom is -0.493 e. The fourth-order valence-corrected chi connectivity index (χ4v) is 2.65. The molecule has 0 unspecified atom stereocenters. The number of benzene rings is 1. The second-order valence-corrected chi connectivity index (χ2v) is 5.76. The van der Waals surface area contributed by atoms with Crippen LogP contribution in [0.15, 0.2) is 41.0 Å². The maximum absolute atomic E-state index is 5.56. The molecule has 1 aromatic carbocycles. The fraction of sp³-hybridized carbons (Fsp3) is 0.353. The van der Waals surface area contributed by atoms with E-state index in [1.807, 2.05) is 30.3 Å². The minimum atomic E-state index is 0.628. The summed E-state index contributed by atoms with van der Waals surface area (Å²) in [5.74, 6) is 2.14. The first-order valence-corrected chi connectivity index (χ1v) is 8.19. The molecule has 0 saturated carbocycles. The second-order valence-electron chi connectivity index (χ2n) is 4.85. The molecule has 2 rings (SSSR count). The van der Waals surface area contributed by atoms with Crippen molar-refractivity contribution in [2.75, 3.05) is 27.4 Å². The van der Waals surface area contributed by atoms with Gasteiger partial charge in [0.05, 0.1) is 20.8 Å². The van der Waals surface area contributed by atoms with Crippen molar-refractivity contribution in [3.63, 3.8) is 0 Å². The molecule has 0 aliphatic carbocycles. The number of hydrogen-bond acceptors (Lipinski definition) is 5. The summed E-state index contributed by atoms with van der Waals surface area (Å²) in [4.78, 5) is 4.12. The van der Waals surface area contributed by atoms with Gasteiger partial charge in [0, 0.05) is 28.8 Å². The van der Waals surface area contributed by atoms with Crippen LogP contribution >= 0.6 is 15.9 Å². The Bertz CT molecular complexity index is 608. The van der Waals surface area contributed by atoms with Gasteiger partial charge in [-0.3, -0.25) is 0 Å². The molecule has 2 aromatic rings. The number of aromatic nitrogens is 1. The van der Waals surface area contributed by atoms with Gasteiger partial charge >= 0.3 is 0 Å². The quantitative estimate of drug-likeness (QED) is 0.675. The number of halogens is 1. The summed E-state index contributed by atoms with van der Waals surface area (Å²) in [5, 5.41) is 3.38. The predicted octanol–water partition coefficient (Wildman–Crippen LogP) is 3.42. The molecular weight excluding hydrogens is 360 g/mol. The van der Waals surface area contributed by atoms with Crippen LogP contribution in [0.2, 0.25) is 0 Å². The average molecular weight is 381 g/mol. The van der Waals surface area contributed by atoms with Crippen LogP contribution in [0.5, 0.6) is 17.4 Å². The molecule has 0 aliphatic heterocycles. The highest BCUT2D eigenvalue weighted by Gasteiger charge is 2.11. The van der Waals surface area contributed by atoms with Crippen molar-refractivity contribution in [1.29, 1.82) is 0 Å². The fourth-order valence-electron chi connectivity index (χ4n) is 2.17. The van der Waals surface area contributed by atoms with Gasteiger partial charge in [-0.15, -0.1) is 0 Å². The zero-order valence-electron chi connectivity index (χ0n) is 13.3. The third kappa shape index (κ3) is 5.41. The van der Waals surface area contributed by atoms with E-state index in [0.29, 0.717) is 19.0 Å². The summed E-state index contributed by atoms with van der Waals surface area (Å²) in [6.45, 7) is 2.16. The van der Waals surface area contributed by atoms with Gasteiger partial charge in [0.1, 0.15) is 0 Å². The molecule has 5 nitrogen and oxygen atoms in total. The molecular formula is C17H21BrN2O3. The lowest BCUT2D eigenvalue weighted by Gasteiger charge is -2.14. The highest BCUT2D eigenvalue weighted by molar-refractivity contribution is 9.10. The van der Waals surface area contributed by atoms with Crippen molar-refractivity contribution in [1.82, 2.24) is 10.3 Å². The van der Waals surface area contributed by atoms with Crippen LogP contribution in [0.25, 0.3) is 0 Å². The molecule has 0 saturated heterocycles. The van der Waals surface area contributed by atoms with Crippen molar-refractivity contribution in [3.8, 4) is 17.4 Å². The number of nitrogens with zero attached hydrogens (tertiary/aromatic N) is 1. The van der Waals surface area contributed by atoms with E-state index in [-0.39, 0.29) is 0 Å². The van der Waals surface area contributed by atoms with Crippen LogP contribution in [-0.4, -0.2) is 32.4 Å². The molecule has 0 radical (unpaired) electrons. The second kappa shape index (κ2) is 9.37. The molecule has 1 N–H and O–H groups in total. The first kappa shape index (κ1) is 17.6. The molecule has 0 bridgehead atoms. The lowest BCUT2D eigenvalue weighted by molar-refractivity contribution is 0.296. The first-order chi connectivity index (χ1) is 11.2. The van der Waals surface area contributed by atoms with Gasteiger partial charge in [-0.1, -0.05) is 22.0 Å². The van der Waals surface area contributed by atoms with Crippen LogP contribution in [0.1, 0.15) is 12.0 Å². The number of methoxy groups -OCH3 is 2. The highest BCUT2D eigenvalue weighted by Crippen LogP contribution is 2.34. The van der Waals surface area contributed by atoms with E-state index in [1.165, 1.54) is 0 Å². The van der Waals surface area contributed by atoms with Gasteiger partial charge in [0.25, 0.3) is 0 Å². The third-order valence-corrected chi connectivity index (χ3v) is 3.68. The van der Waals surface area contributed by atoms with Crippen molar-refractivity contribution < 1.29 is 14.2 Å². The van der Waals surface area contributed by atoms with Crippen molar-refractivity contribution in [2.45, 2.75) is 13.0 Å². The van der Waals surface area contributed by atoms with Crippen LogP contribution in [0.4, 0.5) is 0 Å². The van der Waals surface area contributed by atoms with E-state index in [4.69, 9.17) is 14.2 Å². The van der Waals surface area contributed by atoms with Gasteiger partial charge in [-0.05, 0) is 31.2 Å². The molecule has 124 valence electrons. The van der Waals surface area contributed by atoms with E-state index >= 15 is 0 Å². The molecule has 6 heteroatoms. The number of rotatable bonds is 9. The monoisotopic (exact) mass is 380 g/mol. The summed E-state index contributed by atoms with van der Waals surface area (Å²) in [5.41, 5.74) is 1.05. The summed E-state index contributed by atoms with van der Waals surface area (Å²) < 4.78 is 17.3. The normalized spacial score (nSPS) is 10.4.